The van der Waals surface area contributed by atoms with Gasteiger partial charge in [0.2, 0.25) is 0 Å². The molecule has 11 heteroatoms. The van der Waals surface area contributed by atoms with Gasteiger partial charge in [-0.15, -0.1) is 0 Å². The first-order valence-corrected chi connectivity index (χ1v) is 15.5. The van der Waals surface area contributed by atoms with Gasteiger partial charge in [0.1, 0.15) is 6.61 Å². The van der Waals surface area contributed by atoms with E-state index in [-0.39, 0.29) is 47.9 Å². The number of rotatable bonds is 7. The monoisotopic (exact) mass is 588 g/mol. The number of pyridine rings is 2. The van der Waals surface area contributed by atoms with Crippen molar-refractivity contribution < 1.29 is 27.4 Å². The molecule has 2 aromatic carbocycles. The van der Waals surface area contributed by atoms with Crippen LogP contribution in [-0.2, 0) is 32.5 Å². The Balaban J connectivity index is 1.23. The number of nitrogens with one attached hydrogen (secondary N) is 1. The zero-order valence-corrected chi connectivity index (χ0v) is 24.3. The number of anilines is 1. The van der Waals surface area contributed by atoms with Crippen LogP contribution in [0.15, 0.2) is 65.7 Å². The molecule has 0 saturated heterocycles. The van der Waals surface area contributed by atoms with Gasteiger partial charge in [-0.3, -0.25) is 9.78 Å². The molecule has 0 fully saturated rings. The van der Waals surface area contributed by atoms with Crippen LogP contribution in [0.5, 0.6) is 5.75 Å². The molecule has 1 unspecified atom stereocenters. The largest absolute Gasteiger partial charge is 0.489 e. The number of ether oxygens (including phenoxy) is 3. The summed E-state index contributed by atoms with van der Waals surface area (Å²) in [5.74, 6) is 0.306. The average molecular weight is 589 g/mol. The van der Waals surface area contributed by atoms with Gasteiger partial charge in [0.25, 0.3) is 5.91 Å². The molecule has 1 amide bonds. The number of aromatic nitrogens is 2. The zero-order valence-electron chi connectivity index (χ0n) is 23.5. The van der Waals surface area contributed by atoms with Gasteiger partial charge in [0.05, 0.1) is 65.6 Å². The van der Waals surface area contributed by atoms with E-state index in [9.17, 15) is 13.2 Å². The molecule has 6 rings (SSSR count). The lowest BCUT2D eigenvalue weighted by Gasteiger charge is -2.37. The van der Waals surface area contributed by atoms with Crippen LogP contribution in [-0.4, -0.2) is 69.6 Å². The standard InChI is InChI=1S/C31H32N4O6S/c1-20-18-41-30-25(4-3-5-28(30)35(20)10-11-39-2)26-9-8-22-16-32-24(15-27(22)34-26)17-33-31(36)21-6-7-23-19-40-12-13-42(37,38)29(23)14-21/h3-9,14-16,20H,10-13,17-19H2,1-2H3,(H,33,36). The quantitative estimate of drug-likeness (QED) is 0.344. The highest BCUT2D eigenvalue weighted by Gasteiger charge is 2.27. The number of benzene rings is 2. The van der Waals surface area contributed by atoms with E-state index in [2.05, 4.69) is 28.2 Å². The van der Waals surface area contributed by atoms with Gasteiger partial charge < -0.3 is 24.4 Å². The molecule has 0 saturated carbocycles. The SMILES string of the molecule is COCCN1c2cccc(-c3ccc4cnc(CNC(=O)c5ccc6c(c5)S(=O)(=O)CCOC6)cc4n3)c2OCC1C. The van der Waals surface area contributed by atoms with Crippen LogP contribution in [0.25, 0.3) is 22.2 Å². The van der Waals surface area contributed by atoms with Gasteiger partial charge in [0, 0.05) is 36.4 Å². The Morgan fingerprint density at radius 2 is 2.05 bits per heavy atom. The summed E-state index contributed by atoms with van der Waals surface area (Å²) in [5, 5.41) is 3.72. The second-order valence-corrected chi connectivity index (χ2v) is 12.5. The number of para-hydroxylation sites is 1. The Morgan fingerprint density at radius 1 is 1.17 bits per heavy atom. The van der Waals surface area contributed by atoms with Crippen LogP contribution in [0.3, 0.4) is 0 Å². The zero-order chi connectivity index (χ0) is 29.3. The first-order chi connectivity index (χ1) is 20.3. The fourth-order valence-corrected chi connectivity index (χ4v) is 6.70. The maximum absolute atomic E-state index is 12.9. The molecule has 1 N–H and O–H groups in total. The number of hydrogen-bond donors (Lipinski definition) is 1. The third kappa shape index (κ3) is 5.55. The molecular formula is C31H32N4O6S. The van der Waals surface area contributed by atoms with E-state index in [1.165, 1.54) is 6.07 Å². The topological polar surface area (TPSA) is 120 Å². The average Bonchev–Trinajstić information content (AvgIpc) is 3.15. The molecule has 2 aliphatic heterocycles. The van der Waals surface area contributed by atoms with Gasteiger partial charge in [-0.2, -0.15) is 0 Å². The third-order valence-electron chi connectivity index (χ3n) is 7.60. The van der Waals surface area contributed by atoms with Crippen LogP contribution < -0.4 is 15.0 Å². The number of hydrogen-bond acceptors (Lipinski definition) is 9. The fraction of sp³-hybridized carbons (Fsp3) is 0.323. The third-order valence-corrected chi connectivity index (χ3v) is 9.35. The Morgan fingerprint density at radius 3 is 2.90 bits per heavy atom. The Kier molecular flexibility index (Phi) is 7.80. The Labute approximate surface area is 244 Å². The summed E-state index contributed by atoms with van der Waals surface area (Å²) in [5.41, 5.74) is 4.88. The molecule has 10 nitrogen and oxygen atoms in total. The molecule has 2 aromatic heterocycles. The molecule has 42 heavy (non-hydrogen) atoms. The van der Waals surface area contributed by atoms with Crippen LogP contribution in [0, 0.1) is 0 Å². The summed E-state index contributed by atoms with van der Waals surface area (Å²) in [7, 11) is -1.81. The predicted octanol–water partition coefficient (Wildman–Crippen LogP) is 3.76. The molecule has 0 radical (unpaired) electrons. The van der Waals surface area contributed by atoms with Gasteiger partial charge in [-0.1, -0.05) is 12.1 Å². The van der Waals surface area contributed by atoms with Crippen molar-refractivity contribution in [2.75, 3.05) is 44.1 Å². The number of fused-ring (bicyclic) bond motifs is 3. The molecule has 2 aliphatic rings. The van der Waals surface area contributed by atoms with Crippen LogP contribution in [0.1, 0.15) is 28.5 Å². The molecule has 0 bridgehead atoms. The minimum Gasteiger partial charge on any atom is -0.489 e. The Bertz CT molecular complexity index is 1760. The van der Waals surface area contributed by atoms with Gasteiger partial charge in [-0.05, 0) is 55.0 Å². The van der Waals surface area contributed by atoms with Crippen molar-refractivity contribution in [3.05, 3.63) is 77.6 Å². The van der Waals surface area contributed by atoms with Gasteiger partial charge in [0.15, 0.2) is 15.6 Å². The van der Waals surface area contributed by atoms with Crippen molar-refractivity contribution in [1.29, 1.82) is 0 Å². The van der Waals surface area contributed by atoms with Gasteiger partial charge in [-0.25, -0.2) is 13.4 Å². The first-order valence-electron chi connectivity index (χ1n) is 13.8. The number of sulfone groups is 1. The Hall–Kier alpha value is -4.06. The molecule has 218 valence electrons. The summed E-state index contributed by atoms with van der Waals surface area (Å²) < 4.78 is 42.1. The second-order valence-electron chi connectivity index (χ2n) is 10.4. The van der Waals surface area contributed by atoms with Crippen molar-refractivity contribution in [2.24, 2.45) is 0 Å². The van der Waals surface area contributed by atoms with Crippen molar-refractivity contribution in [2.45, 2.75) is 31.0 Å². The molecule has 0 spiro atoms. The first kappa shape index (κ1) is 28.1. The summed E-state index contributed by atoms with van der Waals surface area (Å²) in [6, 6.07) is 16.7. The number of carbonyl (C=O) groups excluding carboxylic acids is 1. The van der Waals surface area contributed by atoms with Gasteiger partial charge >= 0.3 is 0 Å². The lowest BCUT2D eigenvalue weighted by atomic mass is 10.0. The summed E-state index contributed by atoms with van der Waals surface area (Å²) in [4.78, 5) is 24.8. The molecule has 1 atom stereocenters. The summed E-state index contributed by atoms with van der Waals surface area (Å²) in [6.45, 7) is 4.58. The predicted molar refractivity (Wildman–Crippen MR) is 158 cm³/mol. The minimum atomic E-state index is -3.51. The van der Waals surface area contributed by atoms with E-state index in [0.29, 0.717) is 24.5 Å². The summed E-state index contributed by atoms with van der Waals surface area (Å²) >= 11 is 0. The lowest BCUT2D eigenvalue weighted by Crippen LogP contribution is -2.42. The molecule has 4 aromatic rings. The number of nitrogens with zero attached hydrogens (tertiary/aromatic N) is 3. The maximum Gasteiger partial charge on any atom is 0.251 e. The maximum atomic E-state index is 12.9. The molecule has 0 aliphatic carbocycles. The number of carbonyl (C=O) groups is 1. The van der Waals surface area contributed by atoms with E-state index in [1.807, 2.05) is 30.3 Å². The van der Waals surface area contributed by atoms with E-state index < -0.39 is 9.84 Å². The van der Waals surface area contributed by atoms with E-state index in [1.54, 1.807) is 25.4 Å². The molecular weight excluding hydrogens is 556 g/mol. The van der Waals surface area contributed by atoms with Crippen molar-refractivity contribution in [1.82, 2.24) is 15.3 Å². The number of methoxy groups -OCH3 is 1. The van der Waals surface area contributed by atoms with Crippen LogP contribution in [0.2, 0.25) is 0 Å². The smallest absolute Gasteiger partial charge is 0.251 e. The van der Waals surface area contributed by atoms with Crippen molar-refractivity contribution >= 4 is 32.3 Å². The summed E-state index contributed by atoms with van der Waals surface area (Å²) in [6.07, 6.45) is 1.73. The highest BCUT2D eigenvalue weighted by molar-refractivity contribution is 7.91. The highest BCUT2D eigenvalue weighted by atomic mass is 32.2. The van der Waals surface area contributed by atoms with E-state index in [4.69, 9.17) is 19.2 Å². The minimum absolute atomic E-state index is 0.107. The van der Waals surface area contributed by atoms with Crippen molar-refractivity contribution in [3.63, 3.8) is 0 Å². The van der Waals surface area contributed by atoms with E-state index in [0.717, 1.165) is 40.1 Å². The van der Waals surface area contributed by atoms with E-state index >= 15 is 0 Å². The van der Waals surface area contributed by atoms with Crippen molar-refractivity contribution in [3.8, 4) is 17.0 Å². The molecule has 4 heterocycles. The van der Waals surface area contributed by atoms with Crippen LogP contribution >= 0.6 is 0 Å². The lowest BCUT2D eigenvalue weighted by molar-refractivity contribution is 0.0950. The highest BCUT2D eigenvalue weighted by Crippen LogP contribution is 2.41. The fourth-order valence-electron chi connectivity index (χ4n) is 5.31. The second kappa shape index (κ2) is 11.7. The normalized spacial score (nSPS) is 17.6. The van der Waals surface area contributed by atoms with Crippen LogP contribution in [0.4, 0.5) is 5.69 Å². The number of amides is 1.